The molecule has 4 nitrogen and oxygen atoms in total. The van der Waals surface area contributed by atoms with E-state index in [4.69, 9.17) is 4.74 Å². The molecule has 0 spiro atoms. The molecule has 1 aromatic heterocycles. The van der Waals surface area contributed by atoms with Gasteiger partial charge in [-0.3, -0.25) is 0 Å². The highest BCUT2D eigenvalue weighted by molar-refractivity contribution is 9.10. The Labute approximate surface area is 131 Å². The van der Waals surface area contributed by atoms with Crippen LogP contribution >= 0.6 is 15.9 Å². The predicted octanol–water partition coefficient (Wildman–Crippen LogP) is 4.55. The lowest BCUT2D eigenvalue weighted by atomic mass is 10.2. The van der Waals surface area contributed by atoms with Gasteiger partial charge >= 0.3 is 0 Å². The Balaban J connectivity index is 2.30. The minimum absolute atomic E-state index is 0.365. The summed E-state index contributed by atoms with van der Waals surface area (Å²) >= 11 is 3.25. The van der Waals surface area contributed by atoms with Gasteiger partial charge in [0, 0.05) is 17.1 Å². The topological polar surface area (TPSA) is 47.0 Å². The fourth-order valence-electron chi connectivity index (χ4n) is 1.90. The van der Waals surface area contributed by atoms with Gasteiger partial charge in [-0.25, -0.2) is 14.4 Å². The van der Waals surface area contributed by atoms with Crippen LogP contribution in [0.5, 0.6) is 11.6 Å². The first-order valence-corrected chi connectivity index (χ1v) is 7.65. The standard InChI is InChI=1S/C15H17BrFN3O/c1-3-5-18-14-13(4-2)15(20-9-19-14)21-12-7-10(16)6-11(17)8-12/h6-9H,3-5H2,1-2H3,(H,18,19,20). The number of ether oxygens (including phenoxy) is 1. The smallest absolute Gasteiger partial charge is 0.227 e. The molecule has 1 N–H and O–H groups in total. The third-order valence-corrected chi connectivity index (χ3v) is 3.31. The van der Waals surface area contributed by atoms with Crippen LogP contribution in [0.1, 0.15) is 25.8 Å². The lowest BCUT2D eigenvalue weighted by Crippen LogP contribution is -2.07. The van der Waals surface area contributed by atoms with Gasteiger partial charge in [0.15, 0.2) is 0 Å². The van der Waals surface area contributed by atoms with Crippen molar-refractivity contribution in [2.75, 3.05) is 11.9 Å². The largest absolute Gasteiger partial charge is 0.438 e. The summed E-state index contributed by atoms with van der Waals surface area (Å²) in [4.78, 5) is 8.40. The molecule has 0 aliphatic carbocycles. The lowest BCUT2D eigenvalue weighted by molar-refractivity contribution is 0.450. The van der Waals surface area contributed by atoms with E-state index in [9.17, 15) is 4.39 Å². The highest BCUT2D eigenvalue weighted by atomic mass is 79.9. The van der Waals surface area contributed by atoms with E-state index in [1.807, 2.05) is 6.92 Å². The molecule has 0 amide bonds. The van der Waals surface area contributed by atoms with Crippen molar-refractivity contribution in [3.05, 3.63) is 40.4 Å². The molecule has 0 fully saturated rings. The number of hydrogen-bond donors (Lipinski definition) is 1. The summed E-state index contributed by atoms with van der Waals surface area (Å²) in [6, 6.07) is 4.40. The Morgan fingerprint density at radius 1 is 1.24 bits per heavy atom. The summed E-state index contributed by atoms with van der Waals surface area (Å²) in [5, 5.41) is 3.25. The van der Waals surface area contributed by atoms with Crippen LogP contribution < -0.4 is 10.1 Å². The van der Waals surface area contributed by atoms with Gasteiger partial charge in [0.2, 0.25) is 5.88 Å². The zero-order valence-corrected chi connectivity index (χ0v) is 13.6. The number of halogens is 2. The molecule has 2 aromatic rings. The summed E-state index contributed by atoms with van der Waals surface area (Å²) in [5.74, 6) is 1.25. The number of aromatic nitrogens is 2. The van der Waals surface area contributed by atoms with Gasteiger partial charge in [0.1, 0.15) is 23.7 Å². The molecule has 6 heteroatoms. The molecule has 112 valence electrons. The van der Waals surface area contributed by atoms with E-state index >= 15 is 0 Å². The second kappa shape index (κ2) is 7.36. The van der Waals surface area contributed by atoms with Crippen molar-refractivity contribution >= 4 is 21.7 Å². The van der Waals surface area contributed by atoms with Crippen LogP contribution in [-0.2, 0) is 6.42 Å². The van der Waals surface area contributed by atoms with Gasteiger partial charge in [-0.15, -0.1) is 0 Å². The highest BCUT2D eigenvalue weighted by Gasteiger charge is 2.12. The van der Waals surface area contributed by atoms with Gasteiger partial charge < -0.3 is 10.1 Å². The molecule has 0 unspecified atom stereocenters. The number of hydrogen-bond acceptors (Lipinski definition) is 4. The van der Waals surface area contributed by atoms with Gasteiger partial charge in [-0.05, 0) is 25.0 Å². The van der Waals surface area contributed by atoms with Gasteiger partial charge in [-0.2, -0.15) is 0 Å². The Bertz CT molecular complexity index is 602. The minimum Gasteiger partial charge on any atom is -0.438 e. The van der Waals surface area contributed by atoms with Crippen molar-refractivity contribution in [1.82, 2.24) is 9.97 Å². The summed E-state index contributed by atoms with van der Waals surface area (Å²) in [6.45, 7) is 4.92. The Hall–Kier alpha value is -1.69. The first-order valence-electron chi connectivity index (χ1n) is 6.85. The quantitative estimate of drug-likeness (QED) is 0.827. The Kier molecular flexibility index (Phi) is 5.50. The van der Waals surface area contributed by atoms with Crippen molar-refractivity contribution in [3.63, 3.8) is 0 Å². The van der Waals surface area contributed by atoms with Crippen LogP contribution in [0.15, 0.2) is 29.0 Å². The summed E-state index contributed by atoms with van der Waals surface area (Å²) in [6.07, 6.45) is 3.17. The van der Waals surface area contributed by atoms with E-state index < -0.39 is 0 Å². The van der Waals surface area contributed by atoms with E-state index in [0.717, 1.165) is 30.8 Å². The minimum atomic E-state index is -0.365. The van der Waals surface area contributed by atoms with Crippen LogP contribution in [0.2, 0.25) is 0 Å². The second-order valence-corrected chi connectivity index (χ2v) is 5.41. The van der Waals surface area contributed by atoms with Crippen molar-refractivity contribution in [2.45, 2.75) is 26.7 Å². The zero-order valence-electron chi connectivity index (χ0n) is 12.0. The van der Waals surface area contributed by atoms with E-state index in [1.165, 1.54) is 18.5 Å². The second-order valence-electron chi connectivity index (χ2n) is 4.49. The SMILES string of the molecule is CCCNc1ncnc(Oc2cc(F)cc(Br)c2)c1CC. The van der Waals surface area contributed by atoms with Crippen LogP contribution in [-0.4, -0.2) is 16.5 Å². The third kappa shape index (κ3) is 4.14. The molecule has 0 atom stereocenters. The average molecular weight is 354 g/mol. The maximum absolute atomic E-state index is 13.4. The number of nitrogens with zero attached hydrogens (tertiary/aromatic N) is 2. The van der Waals surface area contributed by atoms with Crippen molar-refractivity contribution in [1.29, 1.82) is 0 Å². The summed E-state index contributed by atoms with van der Waals surface area (Å²) in [5.41, 5.74) is 0.881. The molecule has 0 saturated heterocycles. The van der Waals surface area contributed by atoms with Crippen LogP contribution in [0, 0.1) is 5.82 Å². The predicted molar refractivity (Wildman–Crippen MR) is 84.4 cm³/mol. The monoisotopic (exact) mass is 353 g/mol. The first kappa shape index (κ1) is 15.7. The molecule has 21 heavy (non-hydrogen) atoms. The molecule has 1 heterocycles. The number of anilines is 1. The van der Waals surface area contributed by atoms with E-state index in [0.29, 0.717) is 16.1 Å². The molecule has 0 saturated carbocycles. The Morgan fingerprint density at radius 3 is 2.71 bits per heavy atom. The lowest BCUT2D eigenvalue weighted by Gasteiger charge is -2.13. The van der Waals surface area contributed by atoms with Crippen LogP contribution in [0.4, 0.5) is 10.2 Å². The molecule has 0 bridgehead atoms. The number of rotatable bonds is 6. The van der Waals surface area contributed by atoms with Gasteiger partial charge in [-0.1, -0.05) is 29.8 Å². The van der Waals surface area contributed by atoms with E-state index in [2.05, 4.69) is 38.1 Å². The normalized spacial score (nSPS) is 10.5. The molecule has 1 aromatic carbocycles. The molecule has 0 radical (unpaired) electrons. The maximum atomic E-state index is 13.4. The molecule has 0 aliphatic rings. The fourth-order valence-corrected chi connectivity index (χ4v) is 2.34. The van der Waals surface area contributed by atoms with Crippen molar-refractivity contribution in [3.8, 4) is 11.6 Å². The molecule has 2 rings (SSSR count). The zero-order chi connectivity index (χ0) is 15.2. The highest BCUT2D eigenvalue weighted by Crippen LogP contribution is 2.29. The molecular weight excluding hydrogens is 337 g/mol. The first-order chi connectivity index (χ1) is 10.1. The van der Waals surface area contributed by atoms with Crippen molar-refractivity contribution in [2.24, 2.45) is 0 Å². The van der Waals surface area contributed by atoms with E-state index in [-0.39, 0.29) is 5.82 Å². The fraction of sp³-hybridized carbons (Fsp3) is 0.333. The van der Waals surface area contributed by atoms with Crippen molar-refractivity contribution < 1.29 is 9.13 Å². The summed E-state index contributed by atoms with van der Waals surface area (Å²) < 4.78 is 19.7. The van der Waals surface area contributed by atoms with Gasteiger partial charge in [0.25, 0.3) is 0 Å². The Morgan fingerprint density at radius 2 is 2.05 bits per heavy atom. The number of benzene rings is 1. The van der Waals surface area contributed by atoms with E-state index in [1.54, 1.807) is 6.07 Å². The average Bonchev–Trinajstić information content (AvgIpc) is 2.44. The molecular formula is C15H17BrFN3O. The number of nitrogens with one attached hydrogen (secondary N) is 1. The van der Waals surface area contributed by atoms with Gasteiger partial charge in [0.05, 0.1) is 5.56 Å². The van der Waals surface area contributed by atoms with Crippen LogP contribution in [0.25, 0.3) is 0 Å². The molecule has 0 aliphatic heterocycles. The van der Waals surface area contributed by atoms with Crippen LogP contribution in [0.3, 0.4) is 0 Å². The third-order valence-electron chi connectivity index (χ3n) is 2.85. The maximum Gasteiger partial charge on any atom is 0.227 e. The summed E-state index contributed by atoms with van der Waals surface area (Å²) in [7, 11) is 0.